The van der Waals surface area contributed by atoms with Crippen molar-refractivity contribution in [1.82, 2.24) is 35.3 Å². The molecule has 118 valence electrons. The van der Waals surface area contributed by atoms with E-state index in [-0.39, 0.29) is 5.91 Å². The monoisotopic (exact) mass is 311 g/mol. The number of hydrogen-bond donors (Lipinski definition) is 1. The van der Waals surface area contributed by atoms with E-state index in [1.165, 1.54) is 11.0 Å². The standard InChI is InChI=1S/C15H17N7O/c1-11-4-5-13(14(12(11)2)22-10-17-19-20-22)15(23)16-7-9-21-8-3-6-18-21/h3-6,8,10H,7,9H2,1-2H3,(H,16,23). The molecule has 0 saturated heterocycles. The number of tetrazole rings is 1. The van der Waals surface area contributed by atoms with Gasteiger partial charge in [-0.25, -0.2) is 0 Å². The van der Waals surface area contributed by atoms with Gasteiger partial charge < -0.3 is 5.32 Å². The second-order valence-electron chi connectivity index (χ2n) is 5.18. The van der Waals surface area contributed by atoms with Gasteiger partial charge in [0, 0.05) is 18.9 Å². The van der Waals surface area contributed by atoms with Crippen LogP contribution in [0.1, 0.15) is 21.5 Å². The molecule has 0 spiro atoms. The van der Waals surface area contributed by atoms with Gasteiger partial charge >= 0.3 is 0 Å². The van der Waals surface area contributed by atoms with Crippen LogP contribution in [0.15, 0.2) is 36.9 Å². The predicted octanol–water partition coefficient (Wildman–Crippen LogP) is 0.906. The predicted molar refractivity (Wildman–Crippen MR) is 83.2 cm³/mol. The van der Waals surface area contributed by atoms with E-state index in [0.717, 1.165) is 11.1 Å². The van der Waals surface area contributed by atoms with Crippen LogP contribution in [0.25, 0.3) is 5.69 Å². The zero-order valence-corrected chi connectivity index (χ0v) is 13.0. The van der Waals surface area contributed by atoms with Gasteiger partial charge in [0.1, 0.15) is 6.33 Å². The number of amides is 1. The summed E-state index contributed by atoms with van der Waals surface area (Å²) in [7, 11) is 0. The summed E-state index contributed by atoms with van der Waals surface area (Å²) in [6, 6.07) is 5.56. The number of aromatic nitrogens is 6. The second kappa shape index (κ2) is 6.39. The van der Waals surface area contributed by atoms with Crippen LogP contribution >= 0.6 is 0 Å². The van der Waals surface area contributed by atoms with E-state index < -0.39 is 0 Å². The first-order chi connectivity index (χ1) is 11.2. The average Bonchev–Trinajstić information content (AvgIpc) is 3.22. The van der Waals surface area contributed by atoms with Crippen LogP contribution in [-0.4, -0.2) is 42.4 Å². The van der Waals surface area contributed by atoms with Crippen molar-refractivity contribution in [3.05, 3.63) is 53.6 Å². The summed E-state index contributed by atoms with van der Waals surface area (Å²) < 4.78 is 3.29. The minimum absolute atomic E-state index is 0.161. The van der Waals surface area contributed by atoms with Gasteiger partial charge in [-0.15, -0.1) is 5.10 Å². The van der Waals surface area contributed by atoms with Crippen LogP contribution in [0.2, 0.25) is 0 Å². The number of nitrogens with one attached hydrogen (secondary N) is 1. The zero-order chi connectivity index (χ0) is 16.2. The minimum atomic E-state index is -0.161. The van der Waals surface area contributed by atoms with Crippen molar-refractivity contribution in [3.8, 4) is 5.69 Å². The molecule has 0 unspecified atom stereocenters. The second-order valence-corrected chi connectivity index (χ2v) is 5.18. The van der Waals surface area contributed by atoms with E-state index in [9.17, 15) is 4.79 Å². The van der Waals surface area contributed by atoms with Gasteiger partial charge in [-0.1, -0.05) is 6.07 Å². The van der Waals surface area contributed by atoms with Gasteiger partial charge in [0.05, 0.1) is 17.8 Å². The number of carbonyl (C=O) groups excluding carboxylic acids is 1. The molecule has 23 heavy (non-hydrogen) atoms. The van der Waals surface area contributed by atoms with Crippen molar-refractivity contribution in [2.45, 2.75) is 20.4 Å². The third-order valence-corrected chi connectivity index (χ3v) is 3.71. The van der Waals surface area contributed by atoms with Crippen molar-refractivity contribution < 1.29 is 4.79 Å². The maximum absolute atomic E-state index is 12.5. The Morgan fingerprint density at radius 2 is 2.17 bits per heavy atom. The number of hydrogen-bond acceptors (Lipinski definition) is 5. The summed E-state index contributed by atoms with van der Waals surface area (Å²) in [6.07, 6.45) is 5.05. The molecule has 0 fully saturated rings. The molecular formula is C15H17N7O. The smallest absolute Gasteiger partial charge is 0.253 e. The quantitative estimate of drug-likeness (QED) is 0.756. The van der Waals surface area contributed by atoms with Crippen LogP contribution in [0.5, 0.6) is 0 Å². The van der Waals surface area contributed by atoms with E-state index in [0.29, 0.717) is 24.3 Å². The third kappa shape index (κ3) is 3.10. The normalized spacial score (nSPS) is 10.7. The summed E-state index contributed by atoms with van der Waals surface area (Å²) in [5, 5.41) is 18.2. The van der Waals surface area contributed by atoms with E-state index in [1.54, 1.807) is 16.9 Å². The van der Waals surface area contributed by atoms with Gasteiger partial charge in [0.2, 0.25) is 0 Å². The Morgan fingerprint density at radius 1 is 1.30 bits per heavy atom. The SMILES string of the molecule is Cc1ccc(C(=O)NCCn2cccn2)c(-n2cnnn2)c1C. The van der Waals surface area contributed by atoms with Crippen LogP contribution < -0.4 is 5.32 Å². The fourth-order valence-corrected chi connectivity index (χ4v) is 2.36. The summed E-state index contributed by atoms with van der Waals surface area (Å²) in [5.74, 6) is -0.161. The highest BCUT2D eigenvalue weighted by molar-refractivity contribution is 5.98. The lowest BCUT2D eigenvalue weighted by Gasteiger charge is -2.14. The molecule has 0 saturated carbocycles. The summed E-state index contributed by atoms with van der Waals surface area (Å²) >= 11 is 0. The van der Waals surface area contributed by atoms with Gasteiger partial charge in [0.15, 0.2) is 0 Å². The third-order valence-electron chi connectivity index (χ3n) is 3.71. The highest BCUT2D eigenvalue weighted by Gasteiger charge is 2.17. The van der Waals surface area contributed by atoms with Crippen molar-refractivity contribution in [2.75, 3.05) is 6.54 Å². The number of benzene rings is 1. The Bertz CT molecular complexity index is 794. The number of nitrogens with zero attached hydrogens (tertiary/aromatic N) is 6. The molecule has 0 radical (unpaired) electrons. The molecule has 0 aliphatic heterocycles. The fourth-order valence-electron chi connectivity index (χ4n) is 2.36. The molecule has 8 heteroatoms. The topological polar surface area (TPSA) is 90.5 Å². The van der Waals surface area contributed by atoms with Gasteiger partial charge in [-0.2, -0.15) is 9.78 Å². The molecular weight excluding hydrogens is 294 g/mol. The first kappa shape index (κ1) is 14.9. The van der Waals surface area contributed by atoms with E-state index in [1.807, 2.05) is 32.2 Å². The van der Waals surface area contributed by atoms with Gasteiger partial charge in [-0.05, 0) is 47.5 Å². The van der Waals surface area contributed by atoms with Crippen molar-refractivity contribution in [1.29, 1.82) is 0 Å². The molecule has 3 rings (SSSR count). The molecule has 0 aliphatic carbocycles. The number of carbonyl (C=O) groups is 1. The largest absolute Gasteiger partial charge is 0.350 e. The van der Waals surface area contributed by atoms with E-state index in [4.69, 9.17) is 0 Å². The number of rotatable bonds is 5. The Kier molecular flexibility index (Phi) is 4.13. The van der Waals surface area contributed by atoms with E-state index in [2.05, 4.69) is 25.9 Å². The average molecular weight is 311 g/mol. The highest BCUT2D eigenvalue weighted by atomic mass is 16.1. The molecule has 2 aromatic heterocycles. The van der Waals surface area contributed by atoms with Crippen LogP contribution in [0, 0.1) is 13.8 Å². The van der Waals surface area contributed by atoms with Crippen molar-refractivity contribution in [2.24, 2.45) is 0 Å². The van der Waals surface area contributed by atoms with Gasteiger partial charge in [-0.3, -0.25) is 9.48 Å². The van der Waals surface area contributed by atoms with Gasteiger partial charge in [0.25, 0.3) is 5.91 Å². The Hall–Kier alpha value is -3.03. The maximum atomic E-state index is 12.5. The van der Waals surface area contributed by atoms with Crippen molar-refractivity contribution in [3.63, 3.8) is 0 Å². The van der Waals surface area contributed by atoms with Crippen LogP contribution in [0.4, 0.5) is 0 Å². The van der Waals surface area contributed by atoms with E-state index >= 15 is 0 Å². The molecule has 1 N–H and O–H groups in total. The molecule has 0 atom stereocenters. The molecule has 3 aromatic rings. The van der Waals surface area contributed by atoms with Crippen LogP contribution in [0.3, 0.4) is 0 Å². The molecule has 8 nitrogen and oxygen atoms in total. The fraction of sp³-hybridized carbons (Fsp3) is 0.267. The molecule has 0 aliphatic rings. The summed E-state index contributed by atoms with van der Waals surface area (Å²) in [6.45, 7) is 5.04. The lowest BCUT2D eigenvalue weighted by molar-refractivity contribution is 0.0951. The molecule has 1 amide bonds. The Labute approximate surface area is 133 Å². The molecule has 2 heterocycles. The highest BCUT2D eigenvalue weighted by Crippen LogP contribution is 2.21. The maximum Gasteiger partial charge on any atom is 0.253 e. The summed E-state index contributed by atoms with van der Waals surface area (Å²) in [4.78, 5) is 12.5. The summed E-state index contributed by atoms with van der Waals surface area (Å²) in [5.41, 5.74) is 3.29. The lowest BCUT2D eigenvalue weighted by Crippen LogP contribution is -2.28. The number of aryl methyl sites for hydroxylation is 1. The zero-order valence-electron chi connectivity index (χ0n) is 13.0. The first-order valence-corrected chi connectivity index (χ1v) is 7.26. The Balaban J connectivity index is 1.81. The first-order valence-electron chi connectivity index (χ1n) is 7.26. The lowest BCUT2D eigenvalue weighted by atomic mass is 10.0. The minimum Gasteiger partial charge on any atom is -0.350 e. The van der Waals surface area contributed by atoms with Crippen molar-refractivity contribution >= 4 is 5.91 Å². The Morgan fingerprint density at radius 3 is 2.87 bits per heavy atom. The van der Waals surface area contributed by atoms with Crippen LogP contribution in [-0.2, 0) is 6.54 Å². The molecule has 1 aromatic carbocycles. The molecule has 0 bridgehead atoms.